The minimum absolute atomic E-state index is 0.0518. The van der Waals surface area contributed by atoms with E-state index in [0.29, 0.717) is 0 Å². The summed E-state index contributed by atoms with van der Waals surface area (Å²) in [6, 6.07) is 6.65. The minimum Gasteiger partial charge on any atom is -0.391 e. The Balaban J connectivity index is 2.28. The van der Waals surface area contributed by atoms with Crippen LogP contribution in [0.2, 0.25) is 0 Å². The molecule has 2 heteroatoms. The van der Waals surface area contributed by atoms with Crippen LogP contribution >= 0.6 is 0 Å². The lowest BCUT2D eigenvalue weighted by Gasteiger charge is -2.20. The number of aliphatic hydroxyl groups is 1. The Hall–Kier alpha value is -0.860. The first-order chi connectivity index (χ1) is 7.22. The zero-order valence-corrected chi connectivity index (χ0v) is 9.46. The van der Waals surface area contributed by atoms with Crippen molar-refractivity contribution in [1.29, 1.82) is 0 Å². The first-order valence-electron chi connectivity index (χ1n) is 5.69. The van der Waals surface area contributed by atoms with Gasteiger partial charge in [0.25, 0.3) is 0 Å². The molecule has 15 heavy (non-hydrogen) atoms. The summed E-state index contributed by atoms with van der Waals surface area (Å²) in [5.41, 5.74) is 4.15. The lowest BCUT2D eigenvalue weighted by atomic mass is 9.98. The quantitative estimate of drug-likeness (QED) is 0.789. The Morgan fingerprint density at radius 3 is 2.67 bits per heavy atom. The van der Waals surface area contributed by atoms with E-state index in [2.05, 4.69) is 23.5 Å². The molecule has 0 heterocycles. The fourth-order valence-corrected chi connectivity index (χ4v) is 2.47. The van der Waals surface area contributed by atoms with Gasteiger partial charge in [0.2, 0.25) is 0 Å². The average Bonchev–Trinajstić information content (AvgIpc) is 2.65. The van der Waals surface area contributed by atoms with Gasteiger partial charge in [-0.1, -0.05) is 18.2 Å². The van der Waals surface area contributed by atoms with Gasteiger partial charge in [-0.15, -0.1) is 0 Å². The standard InChI is InChI=1S/C13H19NO/c1-9(15)13(14-2)12-7-6-10-4-3-5-11(10)8-12/h6-9,13-15H,3-5H2,1-2H3. The summed E-state index contributed by atoms with van der Waals surface area (Å²) in [6.07, 6.45) is 3.33. The highest BCUT2D eigenvalue weighted by molar-refractivity contribution is 5.36. The van der Waals surface area contributed by atoms with E-state index in [0.717, 1.165) is 0 Å². The van der Waals surface area contributed by atoms with E-state index >= 15 is 0 Å². The molecule has 0 saturated heterocycles. The Bertz CT molecular complexity index is 346. The molecule has 0 amide bonds. The number of aliphatic hydroxyl groups excluding tert-OH is 1. The second-order valence-electron chi connectivity index (χ2n) is 4.39. The minimum atomic E-state index is -0.352. The smallest absolute Gasteiger partial charge is 0.0706 e. The van der Waals surface area contributed by atoms with Crippen molar-refractivity contribution in [2.24, 2.45) is 0 Å². The van der Waals surface area contributed by atoms with Crippen LogP contribution in [0.4, 0.5) is 0 Å². The molecule has 1 aliphatic rings. The van der Waals surface area contributed by atoms with Crippen LogP contribution in [0, 0.1) is 0 Å². The van der Waals surface area contributed by atoms with Crippen molar-refractivity contribution in [2.45, 2.75) is 38.3 Å². The lowest BCUT2D eigenvalue weighted by molar-refractivity contribution is 0.150. The van der Waals surface area contributed by atoms with Crippen LogP contribution in [0.5, 0.6) is 0 Å². The van der Waals surface area contributed by atoms with E-state index in [9.17, 15) is 5.11 Å². The summed E-state index contributed by atoms with van der Waals surface area (Å²) >= 11 is 0. The molecule has 1 aliphatic carbocycles. The third-order valence-corrected chi connectivity index (χ3v) is 3.28. The Kier molecular flexibility index (Phi) is 3.08. The van der Waals surface area contributed by atoms with Gasteiger partial charge in [0.1, 0.15) is 0 Å². The first kappa shape index (κ1) is 10.7. The molecule has 2 rings (SSSR count). The van der Waals surface area contributed by atoms with Gasteiger partial charge in [0.15, 0.2) is 0 Å². The monoisotopic (exact) mass is 205 g/mol. The molecule has 0 bridgehead atoms. The number of rotatable bonds is 3. The zero-order valence-electron chi connectivity index (χ0n) is 9.46. The number of hydrogen-bond donors (Lipinski definition) is 2. The number of hydrogen-bond acceptors (Lipinski definition) is 2. The van der Waals surface area contributed by atoms with Gasteiger partial charge >= 0.3 is 0 Å². The topological polar surface area (TPSA) is 32.3 Å². The molecule has 0 saturated carbocycles. The van der Waals surface area contributed by atoms with E-state index in [1.165, 1.54) is 36.0 Å². The van der Waals surface area contributed by atoms with E-state index < -0.39 is 0 Å². The Morgan fingerprint density at radius 2 is 2.00 bits per heavy atom. The molecule has 0 aromatic heterocycles. The average molecular weight is 205 g/mol. The summed E-state index contributed by atoms with van der Waals surface area (Å²) in [4.78, 5) is 0. The number of aryl methyl sites for hydroxylation is 2. The molecule has 2 nitrogen and oxygen atoms in total. The molecule has 0 aliphatic heterocycles. The highest BCUT2D eigenvalue weighted by Crippen LogP contribution is 2.26. The number of nitrogens with one attached hydrogen (secondary N) is 1. The van der Waals surface area contributed by atoms with Crippen LogP contribution in [-0.4, -0.2) is 18.3 Å². The van der Waals surface area contributed by atoms with Crippen molar-refractivity contribution < 1.29 is 5.11 Å². The molecular weight excluding hydrogens is 186 g/mol. The van der Waals surface area contributed by atoms with Crippen LogP contribution in [0.25, 0.3) is 0 Å². The predicted octanol–water partition coefficient (Wildman–Crippen LogP) is 1.82. The molecule has 82 valence electrons. The first-order valence-corrected chi connectivity index (χ1v) is 5.69. The third kappa shape index (κ3) is 2.06. The SMILES string of the molecule is CNC(c1ccc2c(c1)CCC2)C(C)O. The van der Waals surface area contributed by atoms with Crippen LogP contribution in [0.1, 0.15) is 36.1 Å². The van der Waals surface area contributed by atoms with Gasteiger partial charge in [-0.2, -0.15) is 0 Å². The number of likely N-dealkylation sites (N-methyl/N-ethyl adjacent to an activating group) is 1. The van der Waals surface area contributed by atoms with Gasteiger partial charge in [0.05, 0.1) is 12.1 Å². The Labute approximate surface area is 91.3 Å². The molecule has 2 unspecified atom stereocenters. The van der Waals surface area contributed by atoms with Crippen LogP contribution in [-0.2, 0) is 12.8 Å². The molecule has 2 N–H and O–H groups in total. The van der Waals surface area contributed by atoms with Gasteiger partial charge in [-0.3, -0.25) is 0 Å². The molecule has 0 spiro atoms. The Morgan fingerprint density at radius 1 is 1.27 bits per heavy atom. The van der Waals surface area contributed by atoms with Crippen molar-refractivity contribution in [1.82, 2.24) is 5.32 Å². The maximum absolute atomic E-state index is 9.65. The van der Waals surface area contributed by atoms with Crippen LogP contribution in [0.15, 0.2) is 18.2 Å². The largest absolute Gasteiger partial charge is 0.391 e. The normalized spacial score (nSPS) is 18.6. The van der Waals surface area contributed by atoms with Crippen molar-refractivity contribution in [3.8, 4) is 0 Å². The van der Waals surface area contributed by atoms with Gasteiger partial charge in [0, 0.05) is 0 Å². The molecule has 2 atom stereocenters. The van der Waals surface area contributed by atoms with Gasteiger partial charge in [-0.25, -0.2) is 0 Å². The number of fused-ring (bicyclic) bond motifs is 1. The molecular formula is C13H19NO. The lowest BCUT2D eigenvalue weighted by Crippen LogP contribution is -2.27. The van der Waals surface area contributed by atoms with Crippen LogP contribution in [0.3, 0.4) is 0 Å². The number of benzene rings is 1. The van der Waals surface area contributed by atoms with E-state index in [1.807, 2.05) is 14.0 Å². The highest BCUT2D eigenvalue weighted by atomic mass is 16.3. The van der Waals surface area contributed by atoms with Crippen molar-refractivity contribution in [3.63, 3.8) is 0 Å². The second kappa shape index (κ2) is 4.33. The maximum Gasteiger partial charge on any atom is 0.0706 e. The molecule has 1 aromatic carbocycles. The molecule has 1 aromatic rings. The summed E-state index contributed by atoms with van der Waals surface area (Å²) in [7, 11) is 1.89. The summed E-state index contributed by atoms with van der Waals surface area (Å²) in [5.74, 6) is 0. The molecule has 0 radical (unpaired) electrons. The van der Waals surface area contributed by atoms with Crippen LogP contribution < -0.4 is 5.32 Å². The van der Waals surface area contributed by atoms with E-state index in [4.69, 9.17) is 0 Å². The summed E-state index contributed by atoms with van der Waals surface area (Å²) in [5, 5.41) is 12.8. The highest BCUT2D eigenvalue weighted by Gasteiger charge is 2.18. The molecule has 0 fully saturated rings. The van der Waals surface area contributed by atoms with Gasteiger partial charge in [-0.05, 0) is 49.9 Å². The van der Waals surface area contributed by atoms with E-state index in [-0.39, 0.29) is 12.1 Å². The fourth-order valence-electron chi connectivity index (χ4n) is 2.47. The van der Waals surface area contributed by atoms with Crippen molar-refractivity contribution in [3.05, 3.63) is 34.9 Å². The van der Waals surface area contributed by atoms with E-state index in [1.54, 1.807) is 0 Å². The summed E-state index contributed by atoms with van der Waals surface area (Å²) < 4.78 is 0. The predicted molar refractivity (Wildman–Crippen MR) is 61.9 cm³/mol. The fraction of sp³-hybridized carbons (Fsp3) is 0.538. The van der Waals surface area contributed by atoms with Crippen molar-refractivity contribution in [2.75, 3.05) is 7.05 Å². The van der Waals surface area contributed by atoms with Crippen molar-refractivity contribution >= 4 is 0 Å². The zero-order chi connectivity index (χ0) is 10.8. The maximum atomic E-state index is 9.65. The second-order valence-corrected chi connectivity index (χ2v) is 4.39. The van der Waals surface area contributed by atoms with Gasteiger partial charge < -0.3 is 10.4 Å². The third-order valence-electron chi connectivity index (χ3n) is 3.28. The summed E-state index contributed by atoms with van der Waals surface area (Å²) in [6.45, 7) is 1.83.